The molecule has 1 aliphatic carbocycles. The largest absolute Gasteiger partial charge is 0.352 e. The lowest BCUT2D eigenvalue weighted by Gasteiger charge is -2.22. The quantitative estimate of drug-likeness (QED) is 0.611. The first kappa shape index (κ1) is 18.1. The number of rotatable bonds is 7. The number of nitrogens with one attached hydrogen (secondary N) is 2. The first-order valence-electron chi connectivity index (χ1n) is 9.71. The molecule has 4 rings (SSSR count). The molecule has 1 unspecified atom stereocenters. The van der Waals surface area contributed by atoms with E-state index in [1.54, 1.807) is 11.3 Å². The van der Waals surface area contributed by atoms with Crippen LogP contribution >= 0.6 is 11.3 Å². The van der Waals surface area contributed by atoms with Crippen LogP contribution in [0.3, 0.4) is 0 Å². The normalized spacial score (nSPS) is 16.2. The molecule has 2 aromatic carbocycles. The zero-order valence-corrected chi connectivity index (χ0v) is 16.2. The Morgan fingerprint density at radius 2 is 1.96 bits per heavy atom. The highest BCUT2D eigenvalue weighted by molar-refractivity contribution is 7.09. The maximum atomic E-state index is 12.3. The summed E-state index contributed by atoms with van der Waals surface area (Å²) in [6, 6.07) is 14.6. The van der Waals surface area contributed by atoms with Crippen molar-refractivity contribution >= 4 is 28.0 Å². The van der Waals surface area contributed by atoms with Crippen LogP contribution in [0.15, 0.2) is 48.0 Å². The molecule has 0 spiro atoms. The van der Waals surface area contributed by atoms with E-state index in [9.17, 15) is 4.79 Å². The molecule has 0 saturated heterocycles. The van der Waals surface area contributed by atoms with Crippen LogP contribution in [0.1, 0.15) is 40.2 Å². The lowest BCUT2D eigenvalue weighted by atomic mass is 9.97. The molecular weight excluding hydrogens is 354 g/mol. The lowest BCUT2D eigenvalue weighted by Crippen LogP contribution is -2.35. The summed E-state index contributed by atoms with van der Waals surface area (Å²) in [7, 11) is 0. The SMILES string of the molecule is O=C(NCCCCNC1CCc2ncsc2C1)c1ccc2ccccc2c1. The second kappa shape index (κ2) is 8.63. The number of aromatic nitrogens is 1. The first-order valence-corrected chi connectivity index (χ1v) is 10.6. The van der Waals surface area contributed by atoms with Gasteiger partial charge in [0.05, 0.1) is 11.2 Å². The van der Waals surface area contributed by atoms with Crippen molar-refractivity contribution in [2.75, 3.05) is 13.1 Å². The monoisotopic (exact) mass is 379 g/mol. The zero-order chi connectivity index (χ0) is 18.5. The number of carbonyl (C=O) groups excluding carboxylic acids is 1. The standard InChI is InChI=1S/C22H25N3OS/c26-22(18-8-7-16-5-1-2-6-17(16)13-18)24-12-4-3-11-23-19-9-10-20-21(14-19)27-15-25-20/h1-2,5-8,13,15,19,23H,3-4,9-12,14H2,(H,24,26). The summed E-state index contributed by atoms with van der Waals surface area (Å²) in [6.45, 7) is 1.72. The number of fused-ring (bicyclic) bond motifs is 2. The molecule has 3 aromatic rings. The van der Waals surface area contributed by atoms with Gasteiger partial charge >= 0.3 is 0 Å². The first-order chi connectivity index (χ1) is 13.3. The Morgan fingerprint density at radius 1 is 1.11 bits per heavy atom. The van der Waals surface area contributed by atoms with Crippen LogP contribution in [0.2, 0.25) is 0 Å². The fourth-order valence-electron chi connectivity index (χ4n) is 3.67. The van der Waals surface area contributed by atoms with Crippen molar-refractivity contribution in [3.05, 3.63) is 64.1 Å². The number of unbranched alkanes of at least 4 members (excludes halogenated alkanes) is 1. The Hall–Kier alpha value is -2.24. The maximum absolute atomic E-state index is 12.3. The highest BCUT2D eigenvalue weighted by Crippen LogP contribution is 2.23. The van der Waals surface area contributed by atoms with Gasteiger partial charge in [-0.2, -0.15) is 0 Å². The van der Waals surface area contributed by atoms with Gasteiger partial charge in [-0.15, -0.1) is 11.3 Å². The van der Waals surface area contributed by atoms with Crippen LogP contribution in [-0.4, -0.2) is 30.0 Å². The predicted molar refractivity (Wildman–Crippen MR) is 111 cm³/mol. The summed E-state index contributed by atoms with van der Waals surface area (Å²) in [5, 5.41) is 8.96. The lowest BCUT2D eigenvalue weighted by molar-refractivity contribution is 0.0953. The van der Waals surface area contributed by atoms with Crippen LogP contribution in [0.4, 0.5) is 0 Å². The van der Waals surface area contributed by atoms with E-state index in [1.807, 2.05) is 41.9 Å². The van der Waals surface area contributed by atoms with Gasteiger partial charge in [-0.1, -0.05) is 30.3 Å². The third-order valence-electron chi connectivity index (χ3n) is 5.22. The topological polar surface area (TPSA) is 54.0 Å². The van der Waals surface area contributed by atoms with Crippen LogP contribution in [-0.2, 0) is 12.8 Å². The third kappa shape index (κ3) is 4.54. The molecule has 0 saturated carbocycles. The molecule has 0 aliphatic heterocycles. The maximum Gasteiger partial charge on any atom is 0.251 e. The van der Waals surface area contributed by atoms with Gasteiger partial charge in [0.25, 0.3) is 5.91 Å². The average molecular weight is 380 g/mol. The third-order valence-corrected chi connectivity index (χ3v) is 6.12. The number of hydrogen-bond donors (Lipinski definition) is 2. The summed E-state index contributed by atoms with van der Waals surface area (Å²) in [5.74, 6) is 0.0127. The van der Waals surface area contributed by atoms with Crippen molar-refractivity contribution in [2.45, 2.75) is 38.1 Å². The molecule has 1 heterocycles. The van der Waals surface area contributed by atoms with Crippen molar-refractivity contribution in [2.24, 2.45) is 0 Å². The Labute approximate surface area is 164 Å². The van der Waals surface area contributed by atoms with Gasteiger partial charge in [0.1, 0.15) is 0 Å². The Balaban J connectivity index is 1.15. The minimum absolute atomic E-state index is 0.0127. The van der Waals surface area contributed by atoms with E-state index < -0.39 is 0 Å². The molecule has 1 amide bonds. The van der Waals surface area contributed by atoms with Gasteiger partial charge in [-0.3, -0.25) is 4.79 Å². The van der Waals surface area contributed by atoms with Gasteiger partial charge in [-0.05, 0) is 61.6 Å². The van der Waals surface area contributed by atoms with E-state index in [2.05, 4.69) is 21.7 Å². The summed E-state index contributed by atoms with van der Waals surface area (Å²) in [6.07, 6.45) is 5.45. The van der Waals surface area contributed by atoms with E-state index in [0.717, 1.165) is 55.1 Å². The van der Waals surface area contributed by atoms with E-state index in [1.165, 1.54) is 17.0 Å². The molecular formula is C22H25N3OS. The molecule has 2 N–H and O–H groups in total. The zero-order valence-electron chi connectivity index (χ0n) is 15.4. The minimum Gasteiger partial charge on any atom is -0.352 e. The Morgan fingerprint density at radius 3 is 2.89 bits per heavy atom. The fraction of sp³-hybridized carbons (Fsp3) is 0.364. The van der Waals surface area contributed by atoms with Crippen molar-refractivity contribution in [3.63, 3.8) is 0 Å². The van der Waals surface area contributed by atoms with Crippen LogP contribution < -0.4 is 10.6 Å². The van der Waals surface area contributed by atoms with Crippen LogP contribution in [0.25, 0.3) is 10.8 Å². The van der Waals surface area contributed by atoms with Crippen molar-refractivity contribution in [1.82, 2.24) is 15.6 Å². The van der Waals surface area contributed by atoms with Crippen molar-refractivity contribution < 1.29 is 4.79 Å². The summed E-state index contributed by atoms with van der Waals surface area (Å²) < 4.78 is 0. The number of thiazole rings is 1. The molecule has 0 bridgehead atoms. The second-order valence-corrected chi connectivity index (χ2v) is 8.08. The van der Waals surface area contributed by atoms with E-state index in [4.69, 9.17) is 0 Å². The number of hydrogen-bond acceptors (Lipinski definition) is 4. The minimum atomic E-state index is 0.0127. The van der Waals surface area contributed by atoms with E-state index in [-0.39, 0.29) is 5.91 Å². The van der Waals surface area contributed by atoms with Gasteiger partial charge in [-0.25, -0.2) is 4.98 Å². The number of carbonyl (C=O) groups is 1. The molecule has 4 nitrogen and oxygen atoms in total. The number of aryl methyl sites for hydroxylation is 1. The van der Waals surface area contributed by atoms with Gasteiger partial charge in [0, 0.05) is 23.0 Å². The molecule has 140 valence electrons. The van der Waals surface area contributed by atoms with Crippen LogP contribution in [0.5, 0.6) is 0 Å². The molecule has 0 radical (unpaired) electrons. The van der Waals surface area contributed by atoms with Gasteiger partial charge < -0.3 is 10.6 Å². The summed E-state index contributed by atoms with van der Waals surface area (Å²) in [4.78, 5) is 18.2. The second-order valence-electron chi connectivity index (χ2n) is 7.14. The number of nitrogens with zero attached hydrogens (tertiary/aromatic N) is 1. The molecule has 27 heavy (non-hydrogen) atoms. The molecule has 1 aromatic heterocycles. The molecule has 1 atom stereocenters. The number of amides is 1. The van der Waals surface area contributed by atoms with Crippen molar-refractivity contribution in [3.8, 4) is 0 Å². The van der Waals surface area contributed by atoms with Gasteiger partial charge in [0.2, 0.25) is 0 Å². The van der Waals surface area contributed by atoms with Crippen molar-refractivity contribution in [1.29, 1.82) is 0 Å². The summed E-state index contributed by atoms with van der Waals surface area (Å²) >= 11 is 1.78. The van der Waals surface area contributed by atoms with Gasteiger partial charge in [0.15, 0.2) is 0 Å². The van der Waals surface area contributed by atoms with E-state index >= 15 is 0 Å². The molecule has 1 aliphatic rings. The summed E-state index contributed by atoms with van der Waals surface area (Å²) in [5.41, 5.74) is 3.99. The van der Waals surface area contributed by atoms with Crippen LogP contribution in [0, 0.1) is 0 Å². The highest BCUT2D eigenvalue weighted by Gasteiger charge is 2.19. The number of benzene rings is 2. The predicted octanol–water partition coefficient (Wildman–Crippen LogP) is 3.95. The molecule has 5 heteroatoms. The average Bonchev–Trinajstić information content (AvgIpc) is 3.18. The Kier molecular flexibility index (Phi) is 5.80. The highest BCUT2D eigenvalue weighted by atomic mass is 32.1. The fourth-order valence-corrected chi connectivity index (χ4v) is 4.56. The Bertz CT molecular complexity index is 921. The smallest absolute Gasteiger partial charge is 0.251 e. The molecule has 0 fully saturated rings. The van der Waals surface area contributed by atoms with E-state index in [0.29, 0.717) is 6.04 Å².